The van der Waals surface area contributed by atoms with Gasteiger partial charge in [-0.3, -0.25) is 4.79 Å². The lowest BCUT2D eigenvalue weighted by atomic mass is 10.2. The Kier molecular flexibility index (Phi) is 3.56. The first-order chi connectivity index (χ1) is 8.44. The Morgan fingerprint density at radius 2 is 2.28 bits per heavy atom. The minimum absolute atomic E-state index is 0.145. The van der Waals surface area contributed by atoms with Crippen molar-refractivity contribution in [3.05, 3.63) is 23.5 Å². The fraction of sp³-hybridized carbons (Fsp3) is 0.400. The molecule has 1 saturated heterocycles. The largest absolute Gasteiger partial charge is 0.480 e. The van der Waals surface area contributed by atoms with Crippen LogP contribution in [0.15, 0.2) is 23.2 Å². The van der Waals surface area contributed by atoms with Crippen LogP contribution in [0, 0.1) is 0 Å². The van der Waals surface area contributed by atoms with Crippen molar-refractivity contribution >= 4 is 27.6 Å². The maximum Gasteiger partial charge on any atom is 0.322 e. The molecule has 1 aromatic rings. The molecule has 6 nitrogen and oxygen atoms in total. The summed E-state index contributed by atoms with van der Waals surface area (Å²) in [5.41, 5.74) is 0. The van der Waals surface area contributed by atoms with Gasteiger partial charge in [-0.2, -0.15) is 4.31 Å². The Morgan fingerprint density at radius 1 is 1.56 bits per heavy atom. The van der Waals surface area contributed by atoms with Crippen LogP contribution < -0.4 is 0 Å². The molecule has 0 spiro atoms. The minimum Gasteiger partial charge on any atom is -0.480 e. The zero-order valence-corrected chi connectivity index (χ0v) is 10.9. The Morgan fingerprint density at radius 3 is 2.89 bits per heavy atom. The Labute approximate surface area is 109 Å². The van der Waals surface area contributed by atoms with Gasteiger partial charge in [0, 0.05) is 12.7 Å². The molecule has 1 fully saturated rings. The van der Waals surface area contributed by atoms with Gasteiger partial charge in [0.05, 0.1) is 0 Å². The van der Waals surface area contributed by atoms with Crippen molar-refractivity contribution in [3.63, 3.8) is 0 Å². The molecule has 0 aliphatic carbocycles. The van der Waals surface area contributed by atoms with Crippen LogP contribution in [0.25, 0.3) is 0 Å². The third-order valence-corrected chi connectivity index (χ3v) is 5.15. The molecule has 1 atom stereocenters. The van der Waals surface area contributed by atoms with E-state index < -0.39 is 22.0 Å². The predicted octanol–water partition coefficient (Wildman–Crippen LogP) is 0.973. The predicted molar refractivity (Wildman–Crippen MR) is 63.8 cm³/mol. The first-order valence-corrected chi connectivity index (χ1v) is 7.11. The molecular formula is C10H11ClN2O4S. The van der Waals surface area contributed by atoms with Crippen molar-refractivity contribution < 1.29 is 18.3 Å². The van der Waals surface area contributed by atoms with Crippen LogP contribution in [0.1, 0.15) is 12.8 Å². The molecule has 18 heavy (non-hydrogen) atoms. The van der Waals surface area contributed by atoms with E-state index in [9.17, 15) is 13.2 Å². The summed E-state index contributed by atoms with van der Waals surface area (Å²) >= 11 is 5.75. The molecule has 0 bridgehead atoms. The van der Waals surface area contributed by atoms with Crippen LogP contribution in [0.2, 0.25) is 5.15 Å². The summed E-state index contributed by atoms with van der Waals surface area (Å²) in [5, 5.41) is 8.86. The standard InChI is InChI=1S/C10H11ClN2O4S/c11-9-8(4-1-5-12-9)18(16,17)13-6-2-3-7(13)10(14)15/h1,4-5,7H,2-3,6H2,(H,14,15)/t7-/m1/s1. The summed E-state index contributed by atoms with van der Waals surface area (Å²) in [7, 11) is -3.91. The van der Waals surface area contributed by atoms with Crippen LogP contribution in [0.5, 0.6) is 0 Å². The zero-order chi connectivity index (χ0) is 13.3. The third kappa shape index (κ3) is 2.21. The van der Waals surface area contributed by atoms with E-state index in [1.807, 2.05) is 0 Å². The monoisotopic (exact) mass is 290 g/mol. The fourth-order valence-corrected chi connectivity index (χ4v) is 4.05. The van der Waals surface area contributed by atoms with E-state index in [-0.39, 0.29) is 16.6 Å². The third-order valence-electron chi connectivity index (χ3n) is 2.80. The smallest absolute Gasteiger partial charge is 0.322 e. The quantitative estimate of drug-likeness (QED) is 0.838. The molecule has 2 rings (SSSR count). The summed E-state index contributed by atoms with van der Waals surface area (Å²) in [6, 6.07) is 1.75. The number of hydrogen-bond acceptors (Lipinski definition) is 4. The molecule has 0 radical (unpaired) electrons. The Balaban J connectivity index is 2.43. The average molecular weight is 291 g/mol. The number of nitrogens with zero attached hydrogens (tertiary/aromatic N) is 2. The number of carboxylic acids is 1. The number of aliphatic carboxylic acids is 1. The SMILES string of the molecule is O=C(O)[C@H]1CCCN1S(=O)(=O)c1cccnc1Cl. The summed E-state index contributed by atoms with van der Waals surface area (Å²) in [6.07, 6.45) is 2.21. The van der Waals surface area contributed by atoms with Crippen molar-refractivity contribution in [3.8, 4) is 0 Å². The van der Waals surface area contributed by atoms with E-state index >= 15 is 0 Å². The van der Waals surface area contributed by atoms with Crippen LogP contribution in [-0.4, -0.2) is 41.4 Å². The first kappa shape index (κ1) is 13.3. The second-order valence-corrected chi connectivity index (χ2v) is 6.12. The highest BCUT2D eigenvalue weighted by molar-refractivity contribution is 7.89. The van der Waals surface area contributed by atoms with Gasteiger partial charge in [0.1, 0.15) is 16.1 Å². The molecular weight excluding hydrogens is 280 g/mol. The highest BCUT2D eigenvalue weighted by Gasteiger charge is 2.40. The highest BCUT2D eigenvalue weighted by atomic mass is 35.5. The van der Waals surface area contributed by atoms with Gasteiger partial charge < -0.3 is 5.11 Å². The van der Waals surface area contributed by atoms with Gasteiger partial charge in [0.2, 0.25) is 10.0 Å². The molecule has 2 heterocycles. The molecule has 0 amide bonds. The van der Waals surface area contributed by atoms with E-state index in [2.05, 4.69) is 4.98 Å². The van der Waals surface area contributed by atoms with Crippen molar-refractivity contribution in [2.24, 2.45) is 0 Å². The van der Waals surface area contributed by atoms with Crippen molar-refractivity contribution in [1.82, 2.24) is 9.29 Å². The number of sulfonamides is 1. The summed E-state index contributed by atoms with van der Waals surface area (Å²) < 4.78 is 25.6. The van der Waals surface area contributed by atoms with Gasteiger partial charge >= 0.3 is 5.97 Å². The molecule has 1 aliphatic rings. The number of hydrogen-bond donors (Lipinski definition) is 1. The van der Waals surface area contributed by atoms with E-state index in [1.54, 1.807) is 0 Å². The zero-order valence-electron chi connectivity index (χ0n) is 9.28. The fourth-order valence-electron chi connectivity index (χ4n) is 1.96. The second kappa shape index (κ2) is 4.83. The topological polar surface area (TPSA) is 87.6 Å². The molecule has 8 heteroatoms. The lowest BCUT2D eigenvalue weighted by Gasteiger charge is -2.21. The second-order valence-electron chi connectivity index (χ2n) is 3.90. The van der Waals surface area contributed by atoms with Crippen LogP contribution in [0.4, 0.5) is 0 Å². The van der Waals surface area contributed by atoms with E-state index in [1.165, 1.54) is 18.3 Å². The van der Waals surface area contributed by atoms with Gasteiger partial charge in [-0.1, -0.05) is 11.6 Å². The van der Waals surface area contributed by atoms with Gasteiger partial charge in [-0.05, 0) is 25.0 Å². The number of pyridine rings is 1. The summed E-state index contributed by atoms with van der Waals surface area (Å²) in [5.74, 6) is -1.14. The number of carboxylic acid groups (broad SMARTS) is 1. The van der Waals surface area contributed by atoms with Crippen molar-refractivity contribution in [2.45, 2.75) is 23.8 Å². The van der Waals surface area contributed by atoms with E-state index in [4.69, 9.17) is 16.7 Å². The van der Waals surface area contributed by atoms with Crippen molar-refractivity contribution in [2.75, 3.05) is 6.54 Å². The molecule has 0 aromatic carbocycles. The van der Waals surface area contributed by atoms with Gasteiger partial charge in [0.15, 0.2) is 0 Å². The van der Waals surface area contributed by atoms with E-state index in [0.717, 1.165) is 4.31 Å². The number of carbonyl (C=O) groups is 1. The molecule has 1 aliphatic heterocycles. The van der Waals surface area contributed by atoms with Crippen LogP contribution >= 0.6 is 11.6 Å². The Bertz CT molecular complexity index is 575. The lowest BCUT2D eigenvalue weighted by molar-refractivity contribution is -0.140. The average Bonchev–Trinajstić information content (AvgIpc) is 2.78. The summed E-state index contributed by atoms with van der Waals surface area (Å²) in [6.45, 7) is 0.185. The number of aromatic nitrogens is 1. The molecule has 1 aromatic heterocycles. The van der Waals surface area contributed by atoms with E-state index in [0.29, 0.717) is 12.8 Å². The Hall–Kier alpha value is -1.18. The number of halogens is 1. The lowest BCUT2D eigenvalue weighted by Crippen LogP contribution is -2.40. The summed E-state index contributed by atoms with van der Waals surface area (Å²) in [4.78, 5) is 14.6. The van der Waals surface area contributed by atoms with Gasteiger partial charge in [0.25, 0.3) is 0 Å². The van der Waals surface area contributed by atoms with Crippen molar-refractivity contribution in [1.29, 1.82) is 0 Å². The minimum atomic E-state index is -3.91. The number of rotatable bonds is 3. The van der Waals surface area contributed by atoms with Crippen LogP contribution in [0.3, 0.4) is 0 Å². The highest BCUT2D eigenvalue weighted by Crippen LogP contribution is 2.28. The van der Waals surface area contributed by atoms with Gasteiger partial charge in [-0.25, -0.2) is 13.4 Å². The molecule has 98 valence electrons. The first-order valence-electron chi connectivity index (χ1n) is 5.30. The van der Waals surface area contributed by atoms with Gasteiger partial charge in [-0.15, -0.1) is 0 Å². The maximum atomic E-state index is 12.3. The molecule has 0 unspecified atom stereocenters. The molecule has 0 saturated carbocycles. The maximum absolute atomic E-state index is 12.3. The normalized spacial score (nSPS) is 21.1. The molecule has 1 N–H and O–H groups in total. The van der Waals surface area contributed by atoms with Crippen LogP contribution in [-0.2, 0) is 14.8 Å².